The van der Waals surface area contributed by atoms with E-state index in [-0.39, 0.29) is 5.91 Å². The van der Waals surface area contributed by atoms with E-state index in [1.807, 2.05) is 0 Å². The van der Waals surface area contributed by atoms with Gasteiger partial charge in [0, 0.05) is 12.5 Å². The first-order chi connectivity index (χ1) is 11.1. The maximum absolute atomic E-state index is 11.8. The van der Waals surface area contributed by atoms with Gasteiger partial charge in [-0.2, -0.15) is 0 Å². The summed E-state index contributed by atoms with van der Waals surface area (Å²) in [6.07, 6.45) is 4.92. The lowest BCUT2D eigenvalue weighted by Crippen LogP contribution is -2.07. The molecule has 0 aliphatic carbocycles. The molecule has 0 aliphatic heterocycles. The Morgan fingerprint density at radius 1 is 1.26 bits per heavy atom. The standard InChI is InChI=1S/C16H17N3O3S/c1-3-4-14-18-19-16(23-14)17-13(20)10-7-11-5-8-12(9-6-11)15(21)22-2/h5-10H,3-4H2,1-2H3,(H,17,19,20)/b10-7+. The van der Waals surface area contributed by atoms with Crippen molar-refractivity contribution in [3.8, 4) is 0 Å². The van der Waals surface area contributed by atoms with Crippen LogP contribution in [0.1, 0.15) is 34.3 Å². The Morgan fingerprint density at radius 3 is 2.65 bits per heavy atom. The number of ether oxygens (including phenoxy) is 1. The number of aryl methyl sites for hydroxylation is 1. The number of nitrogens with zero attached hydrogens (tertiary/aromatic N) is 2. The summed E-state index contributed by atoms with van der Waals surface area (Å²) >= 11 is 1.38. The summed E-state index contributed by atoms with van der Waals surface area (Å²) in [6, 6.07) is 6.76. The topological polar surface area (TPSA) is 81.2 Å². The van der Waals surface area contributed by atoms with Gasteiger partial charge in [-0.3, -0.25) is 10.1 Å². The van der Waals surface area contributed by atoms with Gasteiger partial charge in [-0.1, -0.05) is 30.4 Å². The van der Waals surface area contributed by atoms with Gasteiger partial charge < -0.3 is 4.74 Å². The van der Waals surface area contributed by atoms with Crippen LogP contribution in [-0.4, -0.2) is 29.2 Å². The van der Waals surface area contributed by atoms with Crippen molar-refractivity contribution in [2.24, 2.45) is 0 Å². The number of benzene rings is 1. The maximum atomic E-state index is 11.8. The van der Waals surface area contributed by atoms with Crippen LogP contribution in [0.15, 0.2) is 30.3 Å². The van der Waals surface area contributed by atoms with Crippen LogP contribution >= 0.6 is 11.3 Å². The largest absolute Gasteiger partial charge is 0.465 e. The lowest BCUT2D eigenvalue weighted by atomic mass is 10.1. The average molecular weight is 331 g/mol. The molecule has 0 spiro atoms. The van der Waals surface area contributed by atoms with Crippen molar-refractivity contribution in [3.63, 3.8) is 0 Å². The van der Waals surface area contributed by atoms with E-state index >= 15 is 0 Å². The number of amides is 1. The van der Waals surface area contributed by atoms with Crippen LogP contribution in [0.5, 0.6) is 0 Å². The molecular formula is C16H17N3O3S. The molecular weight excluding hydrogens is 314 g/mol. The summed E-state index contributed by atoms with van der Waals surface area (Å²) in [6.45, 7) is 2.06. The van der Waals surface area contributed by atoms with Gasteiger partial charge in [0.15, 0.2) is 0 Å². The number of carbonyl (C=O) groups is 2. The number of carbonyl (C=O) groups excluding carboxylic acids is 2. The molecule has 1 aromatic carbocycles. The number of aromatic nitrogens is 2. The molecule has 0 saturated heterocycles. The fraction of sp³-hybridized carbons (Fsp3) is 0.250. The fourth-order valence-corrected chi connectivity index (χ4v) is 2.63. The summed E-state index contributed by atoms with van der Waals surface area (Å²) < 4.78 is 4.63. The predicted molar refractivity (Wildman–Crippen MR) is 89.3 cm³/mol. The third-order valence-electron chi connectivity index (χ3n) is 2.92. The molecule has 0 radical (unpaired) electrons. The van der Waals surface area contributed by atoms with E-state index in [1.54, 1.807) is 30.3 Å². The number of anilines is 1. The van der Waals surface area contributed by atoms with Gasteiger partial charge >= 0.3 is 5.97 Å². The van der Waals surface area contributed by atoms with Crippen molar-refractivity contribution < 1.29 is 14.3 Å². The van der Waals surface area contributed by atoms with Crippen LogP contribution in [-0.2, 0) is 16.0 Å². The molecule has 1 aromatic heterocycles. The van der Waals surface area contributed by atoms with Gasteiger partial charge in [0.2, 0.25) is 11.0 Å². The summed E-state index contributed by atoms with van der Waals surface area (Å²) in [5.74, 6) is -0.668. The van der Waals surface area contributed by atoms with Crippen LogP contribution in [0.2, 0.25) is 0 Å². The smallest absolute Gasteiger partial charge is 0.337 e. The zero-order valence-electron chi connectivity index (χ0n) is 12.9. The van der Waals surface area contributed by atoms with Crippen molar-refractivity contribution in [1.82, 2.24) is 10.2 Å². The minimum absolute atomic E-state index is 0.277. The highest BCUT2D eigenvalue weighted by atomic mass is 32.1. The van der Waals surface area contributed by atoms with E-state index in [9.17, 15) is 9.59 Å². The Bertz CT molecular complexity index is 708. The molecule has 1 amide bonds. The lowest BCUT2D eigenvalue weighted by molar-refractivity contribution is -0.111. The van der Waals surface area contributed by atoms with Gasteiger partial charge in [-0.05, 0) is 30.2 Å². The number of methoxy groups -OCH3 is 1. The third kappa shape index (κ3) is 5.00. The summed E-state index contributed by atoms with van der Waals surface area (Å²) in [5.41, 5.74) is 1.27. The van der Waals surface area contributed by atoms with E-state index < -0.39 is 5.97 Å². The molecule has 6 nitrogen and oxygen atoms in total. The van der Waals surface area contributed by atoms with Crippen molar-refractivity contribution in [2.45, 2.75) is 19.8 Å². The highest BCUT2D eigenvalue weighted by molar-refractivity contribution is 7.15. The first kappa shape index (κ1) is 16.8. The molecule has 0 saturated carbocycles. The molecule has 23 heavy (non-hydrogen) atoms. The second-order valence-corrected chi connectivity index (χ2v) is 5.75. The summed E-state index contributed by atoms with van der Waals surface area (Å²) in [4.78, 5) is 23.2. The van der Waals surface area contributed by atoms with E-state index in [2.05, 4.69) is 27.2 Å². The van der Waals surface area contributed by atoms with E-state index in [0.29, 0.717) is 10.7 Å². The average Bonchev–Trinajstić information content (AvgIpc) is 3.00. The van der Waals surface area contributed by atoms with Crippen LogP contribution in [0.25, 0.3) is 6.08 Å². The number of esters is 1. The monoisotopic (exact) mass is 331 g/mol. The maximum Gasteiger partial charge on any atom is 0.337 e. The van der Waals surface area contributed by atoms with Gasteiger partial charge in [0.25, 0.3) is 0 Å². The second kappa shape index (κ2) is 8.19. The van der Waals surface area contributed by atoms with Crippen LogP contribution in [0.3, 0.4) is 0 Å². The highest BCUT2D eigenvalue weighted by Gasteiger charge is 2.06. The Morgan fingerprint density at radius 2 is 2.00 bits per heavy atom. The molecule has 120 valence electrons. The van der Waals surface area contributed by atoms with Gasteiger partial charge in [-0.15, -0.1) is 10.2 Å². The van der Waals surface area contributed by atoms with Crippen LogP contribution < -0.4 is 5.32 Å². The molecule has 0 atom stereocenters. The molecule has 0 aliphatic rings. The second-order valence-electron chi connectivity index (χ2n) is 4.69. The molecule has 0 bridgehead atoms. The first-order valence-electron chi connectivity index (χ1n) is 7.12. The van der Waals surface area contributed by atoms with Crippen molar-refractivity contribution in [3.05, 3.63) is 46.5 Å². The van der Waals surface area contributed by atoms with E-state index in [0.717, 1.165) is 23.4 Å². The minimum atomic E-state index is -0.391. The predicted octanol–water partition coefficient (Wildman–Crippen LogP) is 2.93. The molecule has 0 unspecified atom stereocenters. The Kier molecular flexibility index (Phi) is 5.99. The molecule has 0 fully saturated rings. The minimum Gasteiger partial charge on any atom is -0.465 e. The van der Waals surface area contributed by atoms with Crippen LogP contribution in [0, 0.1) is 0 Å². The third-order valence-corrected chi connectivity index (χ3v) is 3.82. The zero-order chi connectivity index (χ0) is 16.7. The van der Waals surface area contributed by atoms with E-state index in [4.69, 9.17) is 0 Å². The number of nitrogens with one attached hydrogen (secondary N) is 1. The SMILES string of the molecule is CCCc1nnc(NC(=O)/C=C/c2ccc(C(=O)OC)cc2)s1. The Labute approximate surface area is 138 Å². The molecule has 2 rings (SSSR count). The van der Waals surface area contributed by atoms with Gasteiger partial charge in [0.1, 0.15) is 5.01 Å². The number of hydrogen-bond donors (Lipinski definition) is 1. The summed E-state index contributed by atoms with van der Waals surface area (Å²) in [7, 11) is 1.33. The van der Waals surface area contributed by atoms with Gasteiger partial charge in [0.05, 0.1) is 12.7 Å². The lowest BCUT2D eigenvalue weighted by Gasteiger charge is -1.99. The first-order valence-corrected chi connectivity index (χ1v) is 7.94. The summed E-state index contributed by atoms with van der Waals surface area (Å²) in [5, 5.41) is 12.0. The molecule has 7 heteroatoms. The van der Waals surface area contributed by atoms with Gasteiger partial charge in [-0.25, -0.2) is 4.79 Å². The quantitative estimate of drug-likeness (QED) is 0.650. The normalized spacial score (nSPS) is 10.7. The zero-order valence-corrected chi connectivity index (χ0v) is 13.7. The Hall–Kier alpha value is -2.54. The number of rotatable bonds is 6. The molecule has 2 aromatic rings. The van der Waals surface area contributed by atoms with E-state index in [1.165, 1.54) is 24.5 Å². The Balaban J connectivity index is 1.93. The fourth-order valence-electron chi connectivity index (χ4n) is 1.79. The molecule has 1 N–H and O–H groups in total. The van der Waals surface area contributed by atoms with Crippen molar-refractivity contribution in [1.29, 1.82) is 0 Å². The van der Waals surface area contributed by atoms with Crippen molar-refractivity contribution >= 4 is 34.4 Å². The molecule has 1 heterocycles. The van der Waals surface area contributed by atoms with Crippen LogP contribution in [0.4, 0.5) is 5.13 Å². The highest BCUT2D eigenvalue weighted by Crippen LogP contribution is 2.16. The van der Waals surface area contributed by atoms with Crippen molar-refractivity contribution in [2.75, 3.05) is 12.4 Å². The number of hydrogen-bond acceptors (Lipinski definition) is 6.